The predicted molar refractivity (Wildman–Crippen MR) is 105 cm³/mol. The van der Waals surface area contributed by atoms with Crippen LogP contribution in [0.3, 0.4) is 0 Å². The molecule has 0 amide bonds. The molecule has 2 heteroatoms. The number of carbonyl (C=O) groups excluding carboxylic acids is 1. The highest BCUT2D eigenvalue weighted by molar-refractivity contribution is 5.72. The zero-order valence-corrected chi connectivity index (χ0v) is 17.2. The van der Waals surface area contributed by atoms with Crippen molar-refractivity contribution >= 4 is 5.97 Å². The number of allylic oxidation sites excluding steroid dienone is 1. The Labute approximate surface area is 151 Å². The number of rotatable bonds is 12. The molecule has 0 aromatic rings. The molecule has 0 heterocycles. The minimum atomic E-state index is -0.390. The second kappa shape index (κ2) is 11.7. The van der Waals surface area contributed by atoms with Crippen molar-refractivity contribution in [2.24, 2.45) is 11.3 Å². The van der Waals surface area contributed by atoms with Gasteiger partial charge in [-0.05, 0) is 51.9 Å². The predicted octanol–water partition coefficient (Wildman–Crippen LogP) is 7.08. The third-order valence-electron chi connectivity index (χ3n) is 4.06. The van der Waals surface area contributed by atoms with Crippen molar-refractivity contribution in [2.75, 3.05) is 0 Å². The molecule has 0 saturated heterocycles. The van der Waals surface area contributed by atoms with Crippen LogP contribution in [0.15, 0.2) is 12.7 Å². The molecule has 0 aliphatic rings. The van der Waals surface area contributed by atoms with Gasteiger partial charge in [-0.3, -0.25) is 4.79 Å². The molecule has 0 radical (unpaired) electrons. The van der Waals surface area contributed by atoms with E-state index in [0.29, 0.717) is 0 Å². The summed E-state index contributed by atoms with van der Waals surface area (Å²) in [4.78, 5) is 12.5. The molecular weight excluding hydrogens is 296 g/mol. The van der Waals surface area contributed by atoms with E-state index >= 15 is 0 Å². The standard InChI is InChI=1S/C22H42O2/c1-8-9-10-11-12-13-14-15-16-17-19(18-21(2,3)4)20(23)24-22(5,6)7/h8,19H,1,9-18H2,2-7H3. The summed E-state index contributed by atoms with van der Waals surface area (Å²) in [6.45, 7) is 16.2. The first-order valence-corrected chi connectivity index (χ1v) is 9.89. The minimum absolute atomic E-state index is 0.0122. The molecule has 142 valence electrons. The van der Waals surface area contributed by atoms with Gasteiger partial charge in [-0.25, -0.2) is 0 Å². The minimum Gasteiger partial charge on any atom is -0.460 e. The average Bonchev–Trinajstić information content (AvgIpc) is 2.41. The normalized spacial score (nSPS) is 13.6. The van der Waals surface area contributed by atoms with Gasteiger partial charge in [-0.15, -0.1) is 6.58 Å². The lowest BCUT2D eigenvalue weighted by molar-refractivity contribution is -0.161. The van der Waals surface area contributed by atoms with Crippen LogP contribution in [-0.4, -0.2) is 11.6 Å². The smallest absolute Gasteiger partial charge is 0.309 e. The number of carbonyl (C=O) groups is 1. The summed E-state index contributed by atoms with van der Waals surface area (Å²) in [6.07, 6.45) is 13.9. The van der Waals surface area contributed by atoms with Crippen molar-refractivity contribution in [2.45, 2.75) is 111 Å². The topological polar surface area (TPSA) is 26.3 Å². The van der Waals surface area contributed by atoms with Gasteiger partial charge in [0.25, 0.3) is 0 Å². The molecule has 0 aromatic heterocycles. The van der Waals surface area contributed by atoms with Gasteiger partial charge in [-0.2, -0.15) is 0 Å². The fourth-order valence-corrected chi connectivity index (χ4v) is 2.99. The molecule has 0 bridgehead atoms. The number of ether oxygens (including phenoxy) is 1. The summed E-state index contributed by atoms with van der Waals surface area (Å²) in [7, 11) is 0. The van der Waals surface area contributed by atoms with E-state index in [1.807, 2.05) is 26.8 Å². The Balaban J connectivity index is 4.10. The molecule has 0 spiro atoms. The fourth-order valence-electron chi connectivity index (χ4n) is 2.99. The Hall–Kier alpha value is -0.790. The monoisotopic (exact) mass is 338 g/mol. The first-order chi connectivity index (χ1) is 11.0. The van der Waals surface area contributed by atoms with Crippen molar-refractivity contribution in [1.82, 2.24) is 0 Å². The molecule has 0 aliphatic heterocycles. The van der Waals surface area contributed by atoms with E-state index in [4.69, 9.17) is 4.74 Å². The zero-order valence-electron chi connectivity index (χ0n) is 17.2. The molecule has 0 aliphatic carbocycles. The van der Waals surface area contributed by atoms with Crippen LogP contribution in [0, 0.1) is 11.3 Å². The van der Waals surface area contributed by atoms with Gasteiger partial charge < -0.3 is 4.74 Å². The summed E-state index contributed by atoms with van der Waals surface area (Å²) in [6, 6.07) is 0. The summed E-state index contributed by atoms with van der Waals surface area (Å²) in [5.41, 5.74) is -0.231. The summed E-state index contributed by atoms with van der Waals surface area (Å²) in [5, 5.41) is 0. The van der Waals surface area contributed by atoms with E-state index in [1.54, 1.807) is 0 Å². The zero-order chi connectivity index (χ0) is 18.6. The molecule has 24 heavy (non-hydrogen) atoms. The first kappa shape index (κ1) is 23.2. The van der Waals surface area contributed by atoms with Gasteiger partial charge >= 0.3 is 5.97 Å². The van der Waals surface area contributed by atoms with E-state index < -0.39 is 5.60 Å². The number of hydrogen-bond donors (Lipinski definition) is 0. The van der Waals surface area contributed by atoms with Gasteiger partial charge in [0.2, 0.25) is 0 Å². The maximum Gasteiger partial charge on any atom is 0.309 e. The summed E-state index contributed by atoms with van der Waals surface area (Å²) in [5.74, 6) is 0.0265. The lowest BCUT2D eigenvalue weighted by atomic mass is 9.82. The molecule has 1 atom stereocenters. The first-order valence-electron chi connectivity index (χ1n) is 9.89. The van der Waals surface area contributed by atoms with Gasteiger partial charge in [0, 0.05) is 0 Å². The molecule has 0 N–H and O–H groups in total. The van der Waals surface area contributed by atoms with E-state index in [2.05, 4.69) is 27.4 Å². The Kier molecular flexibility index (Phi) is 11.3. The Morgan fingerprint density at radius 3 is 1.88 bits per heavy atom. The maximum absolute atomic E-state index is 12.5. The quantitative estimate of drug-likeness (QED) is 0.216. The maximum atomic E-state index is 12.5. The summed E-state index contributed by atoms with van der Waals surface area (Å²) < 4.78 is 5.63. The highest BCUT2D eigenvalue weighted by Crippen LogP contribution is 2.30. The molecule has 0 aromatic carbocycles. The van der Waals surface area contributed by atoms with Crippen LogP contribution in [0.4, 0.5) is 0 Å². The molecule has 1 unspecified atom stereocenters. The van der Waals surface area contributed by atoms with E-state index in [9.17, 15) is 4.79 Å². The van der Waals surface area contributed by atoms with Crippen LogP contribution in [0.1, 0.15) is 106 Å². The van der Waals surface area contributed by atoms with Crippen LogP contribution in [0.25, 0.3) is 0 Å². The fraction of sp³-hybridized carbons (Fsp3) is 0.864. The van der Waals surface area contributed by atoms with E-state index in [1.165, 1.54) is 38.5 Å². The molecule has 0 fully saturated rings. The molecule has 0 saturated carbocycles. The van der Waals surface area contributed by atoms with Gasteiger partial charge in [0.1, 0.15) is 5.60 Å². The second-order valence-electron chi connectivity index (χ2n) is 9.34. The van der Waals surface area contributed by atoms with Gasteiger partial charge in [-0.1, -0.05) is 65.4 Å². The number of hydrogen-bond acceptors (Lipinski definition) is 2. The van der Waals surface area contributed by atoms with E-state index in [-0.39, 0.29) is 17.3 Å². The molecule has 0 rings (SSSR count). The van der Waals surface area contributed by atoms with Gasteiger partial charge in [0.15, 0.2) is 0 Å². The highest BCUT2D eigenvalue weighted by atomic mass is 16.6. The second-order valence-corrected chi connectivity index (χ2v) is 9.34. The van der Waals surface area contributed by atoms with Gasteiger partial charge in [0.05, 0.1) is 5.92 Å². The largest absolute Gasteiger partial charge is 0.460 e. The summed E-state index contributed by atoms with van der Waals surface area (Å²) >= 11 is 0. The van der Waals surface area contributed by atoms with Crippen molar-refractivity contribution in [3.63, 3.8) is 0 Å². The Morgan fingerprint density at radius 1 is 0.917 bits per heavy atom. The van der Waals surface area contributed by atoms with Crippen molar-refractivity contribution in [1.29, 1.82) is 0 Å². The highest BCUT2D eigenvalue weighted by Gasteiger charge is 2.28. The Bertz CT molecular complexity index is 344. The number of unbranched alkanes of at least 4 members (excludes halogenated alkanes) is 7. The molecule has 2 nitrogen and oxygen atoms in total. The van der Waals surface area contributed by atoms with Crippen LogP contribution in [-0.2, 0) is 9.53 Å². The lowest BCUT2D eigenvalue weighted by Crippen LogP contribution is -2.30. The van der Waals surface area contributed by atoms with Crippen LogP contribution in [0.5, 0.6) is 0 Å². The number of esters is 1. The third-order valence-corrected chi connectivity index (χ3v) is 4.06. The SMILES string of the molecule is C=CCCCCCCCCCC(CC(C)(C)C)C(=O)OC(C)(C)C. The third kappa shape index (κ3) is 14.8. The lowest BCUT2D eigenvalue weighted by Gasteiger charge is -2.28. The van der Waals surface area contributed by atoms with Crippen molar-refractivity contribution < 1.29 is 9.53 Å². The van der Waals surface area contributed by atoms with Crippen LogP contribution >= 0.6 is 0 Å². The van der Waals surface area contributed by atoms with Crippen molar-refractivity contribution in [3.8, 4) is 0 Å². The van der Waals surface area contributed by atoms with E-state index in [0.717, 1.165) is 25.7 Å². The molecular formula is C22H42O2. The van der Waals surface area contributed by atoms with Crippen molar-refractivity contribution in [3.05, 3.63) is 12.7 Å². The van der Waals surface area contributed by atoms with Crippen LogP contribution in [0.2, 0.25) is 0 Å². The van der Waals surface area contributed by atoms with Crippen LogP contribution < -0.4 is 0 Å². The Morgan fingerprint density at radius 2 is 1.42 bits per heavy atom. The average molecular weight is 339 g/mol.